The number of tetrazole rings is 1. The number of anilines is 1. The lowest BCUT2D eigenvalue weighted by Gasteiger charge is -2.19. The van der Waals surface area contributed by atoms with Gasteiger partial charge in [-0.15, -0.1) is 10.2 Å². The molecule has 1 unspecified atom stereocenters. The van der Waals surface area contributed by atoms with Crippen molar-refractivity contribution in [1.29, 1.82) is 0 Å². The van der Waals surface area contributed by atoms with Crippen molar-refractivity contribution in [3.05, 3.63) is 23.2 Å². The predicted octanol–water partition coefficient (Wildman–Crippen LogP) is 0.584. The topological polar surface area (TPSA) is 101 Å². The minimum Gasteiger partial charge on any atom is -0.326 e. The fourth-order valence-electron chi connectivity index (χ4n) is 2.16. The summed E-state index contributed by atoms with van der Waals surface area (Å²) in [7, 11) is 0. The highest BCUT2D eigenvalue weighted by molar-refractivity contribution is 6.31. The summed E-state index contributed by atoms with van der Waals surface area (Å²) in [6.07, 6.45) is 0.332. The SMILES string of the molecule is NC1CC(=O)N(c2cc(Cl)ccc2-c2nn[nH]n2)C1. The Morgan fingerprint density at radius 1 is 1.47 bits per heavy atom. The van der Waals surface area contributed by atoms with Crippen LogP contribution in [0.4, 0.5) is 5.69 Å². The third-order valence-corrected chi connectivity index (χ3v) is 3.23. The van der Waals surface area contributed by atoms with E-state index in [9.17, 15) is 4.79 Å². The van der Waals surface area contributed by atoms with E-state index in [-0.39, 0.29) is 11.9 Å². The highest BCUT2D eigenvalue weighted by Crippen LogP contribution is 2.33. The van der Waals surface area contributed by atoms with Gasteiger partial charge in [-0.05, 0) is 23.4 Å². The molecular formula is C11H11ClN6O. The van der Waals surface area contributed by atoms with Crippen LogP contribution in [0.1, 0.15) is 6.42 Å². The third kappa shape index (κ3) is 2.18. The largest absolute Gasteiger partial charge is 0.326 e. The number of nitrogens with two attached hydrogens (primary N) is 1. The van der Waals surface area contributed by atoms with Crippen LogP contribution >= 0.6 is 11.6 Å². The number of amides is 1. The molecule has 1 aromatic carbocycles. The van der Waals surface area contributed by atoms with Gasteiger partial charge in [-0.25, -0.2) is 0 Å². The summed E-state index contributed by atoms with van der Waals surface area (Å²) in [6.45, 7) is 0.462. The fourth-order valence-corrected chi connectivity index (χ4v) is 2.33. The average Bonchev–Trinajstić information content (AvgIpc) is 2.99. The van der Waals surface area contributed by atoms with Gasteiger partial charge in [0.1, 0.15) is 0 Å². The van der Waals surface area contributed by atoms with Crippen LogP contribution < -0.4 is 10.6 Å². The zero-order valence-corrected chi connectivity index (χ0v) is 10.6. The molecule has 0 saturated carbocycles. The fraction of sp³-hybridized carbons (Fsp3) is 0.273. The number of carbonyl (C=O) groups is 1. The highest BCUT2D eigenvalue weighted by Gasteiger charge is 2.30. The standard InChI is InChI=1S/C11H11ClN6O/c12-6-1-2-8(11-14-16-17-15-11)9(3-6)18-5-7(13)4-10(18)19/h1-3,7H,4-5,13H2,(H,14,15,16,17). The van der Waals surface area contributed by atoms with E-state index in [0.29, 0.717) is 35.1 Å². The molecule has 7 nitrogen and oxygen atoms in total. The molecule has 2 aromatic rings. The molecule has 1 aromatic heterocycles. The Balaban J connectivity index is 2.09. The first kappa shape index (κ1) is 12.1. The van der Waals surface area contributed by atoms with Crippen LogP contribution in [0.3, 0.4) is 0 Å². The average molecular weight is 279 g/mol. The zero-order valence-electron chi connectivity index (χ0n) is 9.88. The maximum Gasteiger partial charge on any atom is 0.228 e. The maximum atomic E-state index is 12.0. The van der Waals surface area contributed by atoms with Crippen LogP contribution in [0.15, 0.2) is 18.2 Å². The molecule has 19 heavy (non-hydrogen) atoms. The summed E-state index contributed by atoms with van der Waals surface area (Å²) in [6, 6.07) is 5.03. The molecule has 3 rings (SSSR count). The molecule has 1 amide bonds. The van der Waals surface area contributed by atoms with Crippen LogP contribution in [0, 0.1) is 0 Å². The Morgan fingerprint density at radius 3 is 2.95 bits per heavy atom. The first-order chi connectivity index (χ1) is 9.15. The molecule has 1 fully saturated rings. The van der Waals surface area contributed by atoms with Crippen molar-refractivity contribution in [1.82, 2.24) is 20.6 Å². The van der Waals surface area contributed by atoms with Gasteiger partial charge in [-0.1, -0.05) is 11.6 Å². The highest BCUT2D eigenvalue weighted by atomic mass is 35.5. The number of nitrogens with zero attached hydrogens (tertiary/aromatic N) is 4. The summed E-state index contributed by atoms with van der Waals surface area (Å²) in [5.74, 6) is 0.388. The van der Waals surface area contributed by atoms with Crippen molar-refractivity contribution in [2.75, 3.05) is 11.4 Å². The van der Waals surface area contributed by atoms with E-state index in [2.05, 4.69) is 20.6 Å². The number of aromatic amines is 1. The number of carbonyl (C=O) groups excluding carboxylic acids is 1. The van der Waals surface area contributed by atoms with E-state index >= 15 is 0 Å². The van der Waals surface area contributed by atoms with Gasteiger partial charge in [0.15, 0.2) is 0 Å². The Morgan fingerprint density at radius 2 is 2.32 bits per heavy atom. The Kier molecular flexibility index (Phi) is 2.92. The Bertz CT molecular complexity index is 614. The van der Waals surface area contributed by atoms with Crippen molar-refractivity contribution < 1.29 is 4.79 Å². The van der Waals surface area contributed by atoms with Gasteiger partial charge in [0.25, 0.3) is 0 Å². The van der Waals surface area contributed by atoms with Crippen LogP contribution in [0.25, 0.3) is 11.4 Å². The van der Waals surface area contributed by atoms with Gasteiger partial charge in [-0.2, -0.15) is 5.21 Å². The number of H-pyrrole nitrogens is 1. The number of hydrogen-bond donors (Lipinski definition) is 2. The van der Waals surface area contributed by atoms with Gasteiger partial charge >= 0.3 is 0 Å². The number of hydrogen-bond acceptors (Lipinski definition) is 5. The number of halogens is 1. The van der Waals surface area contributed by atoms with Crippen LogP contribution in [0.5, 0.6) is 0 Å². The van der Waals surface area contributed by atoms with Gasteiger partial charge in [0.2, 0.25) is 11.7 Å². The molecule has 98 valence electrons. The second-order valence-corrected chi connectivity index (χ2v) is 4.80. The van der Waals surface area contributed by atoms with Crippen LogP contribution in [-0.2, 0) is 4.79 Å². The molecule has 0 aliphatic carbocycles. The summed E-state index contributed by atoms with van der Waals surface area (Å²) < 4.78 is 0. The van der Waals surface area contributed by atoms with E-state index in [1.54, 1.807) is 23.1 Å². The number of aromatic nitrogens is 4. The van der Waals surface area contributed by atoms with Gasteiger partial charge in [-0.3, -0.25) is 4.79 Å². The molecule has 1 aliphatic heterocycles. The predicted molar refractivity (Wildman–Crippen MR) is 69.6 cm³/mol. The lowest BCUT2D eigenvalue weighted by Crippen LogP contribution is -2.28. The molecular weight excluding hydrogens is 268 g/mol. The van der Waals surface area contributed by atoms with E-state index in [4.69, 9.17) is 17.3 Å². The molecule has 0 bridgehead atoms. The monoisotopic (exact) mass is 278 g/mol. The second-order valence-electron chi connectivity index (χ2n) is 4.37. The summed E-state index contributed by atoms with van der Waals surface area (Å²) >= 11 is 6.01. The minimum absolute atomic E-state index is 0.0282. The van der Waals surface area contributed by atoms with E-state index in [1.807, 2.05) is 0 Å². The van der Waals surface area contributed by atoms with E-state index in [1.165, 1.54) is 0 Å². The Hall–Kier alpha value is -1.99. The van der Waals surface area contributed by atoms with Crippen molar-refractivity contribution in [3.8, 4) is 11.4 Å². The molecule has 1 saturated heterocycles. The lowest BCUT2D eigenvalue weighted by atomic mass is 10.1. The van der Waals surface area contributed by atoms with Crippen LogP contribution in [-0.4, -0.2) is 39.1 Å². The molecule has 1 atom stereocenters. The van der Waals surface area contributed by atoms with Gasteiger partial charge in [0.05, 0.1) is 5.69 Å². The smallest absolute Gasteiger partial charge is 0.228 e. The number of nitrogens with one attached hydrogen (secondary N) is 1. The molecule has 3 N–H and O–H groups in total. The van der Waals surface area contributed by atoms with Crippen molar-refractivity contribution in [3.63, 3.8) is 0 Å². The lowest BCUT2D eigenvalue weighted by molar-refractivity contribution is -0.117. The van der Waals surface area contributed by atoms with Crippen molar-refractivity contribution in [2.45, 2.75) is 12.5 Å². The van der Waals surface area contributed by atoms with E-state index in [0.717, 1.165) is 0 Å². The summed E-state index contributed by atoms with van der Waals surface area (Å²) in [5.41, 5.74) is 7.17. The van der Waals surface area contributed by atoms with Crippen molar-refractivity contribution in [2.24, 2.45) is 5.73 Å². The molecule has 0 spiro atoms. The van der Waals surface area contributed by atoms with Gasteiger partial charge < -0.3 is 10.6 Å². The van der Waals surface area contributed by atoms with Crippen LogP contribution in [0.2, 0.25) is 5.02 Å². The molecule has 2 heterocycles. The molecule has 0 radical (unpaired) electrons. The normalized spacial score (nSPS) is 19.2. The summed E-state index contributed by atoms with van der Waals surface area (Å²) in [4.78, 5) is 13.6. The van der Waals surface area contributed by atoms with E-state index < -0.39 is 0 Å². The van der Waals surface area contributed by atoms with Crippen molar-refractivity contribution >= 4 is 23.2 Å². The quantitative estimate of drug-likeness (QED) is 0.837. The molecule has 8 heteroatoms. The second kappa shape index (κ2) is 4.60. The number of benzene rings is 1. The summed E-state index contributed by atoms with van der Waals surface area (Å²) in [5, 5.41) is 14.3. The van der Waals surface area contributed by atoms with Gasteiger partial charge in [0, 0.05) is 29.6 Å². The zero-order chi connectivity index (χ0) is 13.4. The maximum absolute atomic E-state index is 12.0. The third-order valence-electron chi connectivity index (χ3n) is 2.99. The Labute approximate surface area is 113 Å². The minimum atomic E-state index is -0.162. The molecule has 1 aliphatic rings. The number of rotatable bonds is 2. The first-order valence-corrected chi connectivity index (χ1v) is 6.12. The first-order valence-electron chi connectivity index (χ1n) is 5.74.